The number of aliphatic hydroxyl groups excluding tert-OH is 1. The Hall–Kier alpha value is -1.39. The first-order valence-corrected chi connectivity index (χ1v) is 6.28. The van der Waals surface area contributed by atoms with Gasteiger partial charge in [0.05, 0.1) is 5.56 Å². The lowest BCUT2D eigenvalue weighted by Crippen LogP contribution is -2.18. The summed E-state index contributed by atoms with van der Waals surface area (Å²) < 4.78 is 0. The van der Waals surface area contributed by atoms with Gasteiger partial charge in [0.15, 0.2) is 0 Å². The van der Waals surface area contributed by atoms with Crippen LogP contribution in [0.1, 0.15) is 35.7 Å². The van der Waals surface area contributed by atoms with Crippen LogP contribution in [-0.4, -0.2) is 29.3 Å². The van der Waals surface area contributed by atoms with E-state index in [4.69, 9.17) is 10.2 Å². The largest absolute Gasteiger partial charge is 0.478 e. The smallest absolute Gasteiger partial charge is 0.336 e. The van der Waals surface area contributed by atoms with Crippen LogP contribution in [0.5, 0.6) is 0 Å². The summed E-state index contributed by atoms with van der Waals surface area (Å²) >= 11 is 0. The second kappa shape index (κ2) is 7.84. The van der Waals surface area contributed by atoms with Crippen LogP contribution in [0.3, 0.4) is 0 Å². The van der Waals surface area contributed by atoms with Gasteiger partial charge in [0.2, 0.25) is 0 Å². The van der Waals surface area contributed by atoms with Crippen LogP contribution in [0.4, 0.5) is 0 Å². The van der Waals surface area contributed by atoms with E-state index < -0.39 is 5.97 Å². The van der Waals surface area contributed by atoms with Gasteiger partial charge < -0.3 is 15.5 Å². The van der Waals surface area contributed by atoms with Crippen LogP contribution < -0.4 is 5.32 Å². The molecule has 0 bridgehead atoms. The molecule has 0 aliphatic heterocycles. The standard InChI is InChI=1S/C14H21NO3/c1-11(10-16)5-4-8-15-9-12-6-2-3-7-13(12)14(17)18/h2-3,6-7,11,15-16H,4-5,8-10H2,1H3,(H,17,18). The van der Waals surface area contributed by atoms with E-state index in [1.165, 1.54) is 0 Å². The Balaban J connectivity index is 2.33. The predicted octanol–water partition coefficient (Wildman–Crippen LogP) is 1.88. The fraction of sp³-hybridized carbons (Fsp3) is 0.500. The van der Waals surface area contributed by atoms with Gasteiger partial charge in [-0.2, -0.15) is 0 Å². The quantitative estimate of drug-likeness (QED) is 0.617. The molecule has 1 unspecified atom stereocenters. The molecule has 4 heteroatoms. The number of aromatic carboxylic acids is 1. The highest BCUT2D eigenvalue weighted by Gasteiger charge is 2.07. The third-order valence-corrected chi connectivity index (χ3v) is 2.93. The van der Waals surface area contributed by atoms with Crippen molar-refractivity contribution in [3.63, 3.8) is 0 Å². The summed E-state index contributed by atoms with van der Waals surface area (Å²) in [4.78, 5) is 11.0. The zero-order valence-corrected chi connectivity index (χ0v) is 10.7. The Bertz CT molecular complexity index is 379. The van der Waals surface area contributed by atoms with Crippen molar-refractivity contribution in [2.24, 2.45) is 5.92 Å². The minimum atomic E-state index is -0.888. The molecule has 0 aliphatic carbocycles. The highest BCUT2D eigenvalue weighted by Crippen LogP contribution is 2.08. The third kappa shape index (κ3) is 4.85. The summed E-state index contributed by atoms with van der Waals surface area (Å²) in [5.74, 6) is -0.556. The molecule has 0 heterocycles. The van der Waals surface area contributed by atoms with Crippen molar-refractivity contribution in [2.75, 3.05) is 13.2 Å². The monoisotopic (exact) mass is 251 g/mol. The van der Waals surface area contributed by atoms with Gasteiger partial charge in [-0.3, -0.25) is 0 Å². The maximum atomic E-state index is 11.0. The lowest BCUT2D eigenvalue weighted by atomic mass is 10.1. The Morgan fingerprint density at radius 1 is 1.39 bits per heavy atom. The van der Waals surface area contributed by atoms with Crippen molar-refractivity contribution in [3.05, 3.63) is 35.4 Å². The molecule has 0 aromatic heterocycles. The number of aliphatic hydroxyl groups is 1. The lowest BCUT2D eigenvalue weighted by Gasteiger charge is -2.09. The molecule has 0 fully saturated rings. The number of rotatable bonds is 8. The fourth-order valence-electron chi connectivity index (χ4n) is 1.77. The van der Waals surface area contributed by atoms with Gasteiger partial charge in [0.1, 0.15) is 0 Å². The molecular formula is C14H21NO3. The minimum Gasteiger partial charge on any atom is -0.478 e. The van der Waals surface area contributed by atoms with Gasteiger partial charge in [-0.1, -0.05) is 25.1 Å². The number of nitrogens with one attached hydrogen (secondary N) is 1. The molecule has 0 amide bonds. The van der Waals surface area contributed by atoms with Gasteiger partial charge in [-0.25, -0.2) is 4.79 Å². The highest BCUT2D eigenvalue weighted by atomic mass is 16.4. The summed E-state index contributed by atoms with van der Waals surface area (Å²) in [6.45, 7) is 3.63. The van der Waals surface area contributed by atoms with Crippen LogP contribution >= 0.6 is 0 Å². The van der Waals surface area contributed by atoms with Crippen LogP contribution in [0.25, 0.3) is 0 Å². The number of benzene rings is 1. The van der Waals surface area contributed by atoms with Gasteiger partial charge in [-0.15, -0.1) is 0 Å². The van der Waals surface area contributed by atoms with E-state index in [1.807, 2.05) is 19.1 Å². The predicted molar refractivity (Wildman–Crippen MR) is 70.6 cm³/mol. The molecular weight excluding hydrogens is 230 g/mol. The maximum Gasteiger partial charge on any atom is 0.336 e. The van der Waals surface area contributed by atoms with Gasteiger partial charge in [0.25, 0.3) is 0 Å². The van der Waals surface area contributed by atoms with Crippen LogP contribution in [0, 0.1) is 5.92 Å². The second-order valence-corrected chi connectivity index (χ2v) is 4.57. The zero-order chi connectivity index (χ0) is 13.4. The Kier molecular flexibility index (Phi) is 6.39. The molecule has 1 aromatic carbocycles. The summed E-state index contributed by atoms with van der Waals surface area (Å²) in [5, 5.41) is 21.1. The van der Waals surface area contributed by atoms with Crippen molar-refractivity contribution in [3.8, 4) is 0 Å². The van der Waals surface area contributed by atoms with Gasteiger partial charge >= 0.3 is 5.97 Å². The first kappa shape index (κ1) is 14.7. The normalized spacial score (nSPS) is 12.3. The molecule has 4 nitrogen and oxygen atoms in total. The zero-order valence-electron chi connectivity index (χ0n) is 10.7. The second-order valence-electron chi connectivity index (χ2n) is 4.57. The summed E-state index contributed by atoms with van der Waals surface area (Å²) in [7, 11) is 0. The maximum absolute atomic E-state index is 11.0. The Morgan fingerprint density at radius 3 is 2.78 bits per heavy atom. The first-order chi connectivity index (χ1) is 8.65. The van der Waals surface area contributed by atoms with E-state index >= 15 is 0 Å². The molecule has 0 aliphatic rings. The van der Waals surface area contributed by atoms with E-state index in [0.29, 0.717) is 18.0 Å². The number of hydrogen-bond acceptors (Lipinski definition) is 3. The van der Waals surface area contributed by atoms with Gasteiger partial charge in [-0.05, 0) is 36.9 Å². The Labute approximate surface area is 108 Å². The van der Waals surface area contributed by atoms with Crippen LogP contribution in [0.2, 0.25) is 0 Å². The summed E-state index contributed by atoms with van der Waals surface area (Å²) in [6, 6.07) is 7.02. The average molecular weight is 251 g/mol. The number of hydrogen-bond donors (Lipinski definition) is 3. The van der Waals surface area contributed by atoms with Crippen molar-refractivity contribution >= 4 is 5.97 Å². The van der Waals surface area contributed by atoms with Crippen LogP contribution in [0.15, 0.2) is 24.3 Å². The Morgan fingerprint density at radius 2 is 2.11 bits per heavy atom. The third-order valence-electron chi connectivity index (χ3n) is 2.93. The SMILES string of the molecule is CC(CO)CCCNCc1ccccc1C(=O)O. The lowest BCUT2D eigenvalue weighted by molar-refractivity contribution is 0.0695. The van der Waals surface area contributed by atoms with Crippen molar-refractivity contribution in [2.45, 2.75) is 26.3 Å². The molecule has 18 heavy (non-hydrogen) atoms. The summed E-state index contributed by atoms with van der Waals surface area (Å²) in [5.41, 5.74) is 1.16. The highest BCUT2D eigenvalue weighted by molar-refractivity contribution is 5.89. The minimum absolute atomic E-state index is 0.224. The van der Waals surface area contributed by atoms with E-state index in [9.17, 15) is 4.79 Å². The topological polar surface area (TPSA) is 69.6 Å². The molecule has 0 saturated carbocycles. The average Bonchev–Trinajstić information content (AvgIpc) is 2.38. The van der Waals surface area contributed by atoms with Crippen LogP contribution in [-0.2, 0) is 6.54 Å². The molecule has 0 saturated heterocycles. The molecule has 0 radical (unpaired) electrons. The molecule has 0 spiro atoms. The van der Waals surface area contributed by atoms with Gasteiger partial charge in [0, 0.05) is 13.2 Å². The van der Waals surface area contributed by atoms with Crippen molar-refractivity contribution in [1.29, 1.82) is 0 Å². The number of carboxylic acids is 1. The molecule has 3 N–H and O–H groups in total. The summed E-state index contributed by atoms with van der Waals surface area (Å²) in [6.07, 6.45) is 1.96. The molecule has 100 valence electrons. The molecule has 1 atom stereocenters. The molecule has 1 aromatic rings. The van der Waals surface area contributed by atoms with E-state index in [0.717, 1.165) is 24.9 Å². The fourth-order valence-corrected chi connectivity index (χ4v) is 1.77. The number of carbonyl (C=O) groups is 1. The van der Waals surface area contributed by atoms with E-state index in [-0.39, 0.29) is 6.61 Å². The first-order valence-electron chi connectivity index (χ1n) is 6.28. The van der Waals surface area contributed by atoms with E-state index in [1.54, 1.807) is 12.1 Å². The van der Waals surface area contributed by atoms with Crippen molar-refractivity contribution in [1.82, 2.24) is 5.32 Å². The molecule has 1 rings (SSSR count). The number of carboxylic acid groups (broad SMARTS) is 1. The van der Waals surface area contributed by atoms with Crippen molar-refractivity contribution < 1.29 is 15.0 Å². The van der Waals surface area contributed by atoms with E-state index in [2.05, 4.69) is 5.32 Å².